The Morgan fingerprint density at radius 2 is 2.06 bits per heavy atom. The Labute approximate surface area is 108 Å². The van der Waals surface area contributed by atoms with Crippen LogP contribution in [0.3, 0.4) is 0 Å². The first-order chi connectivity index (χ1) is 8.80. The highest BCUT2D eigenvalue weighted by Gasteiger charge is 1.95. The predicted molar refractivity (Wildman–Crippen MR) is 74.0 cm³/mol. The molecule has 3 nitrogen and oxygen atoms in total. The van der Waals surface area contributed by atoms with Gasteiger partial charge < -0.3 is 14.9 Å². The number of nitrogens with one attached hydrogen (secondary N) is 1. The quantitative estimate of drug-likeness (QED) is 0.343. The number of ether oxygens (including phenoxy) is 2. The standard InChI is InChI=1S/C15H17NO2/c1-3-5-14(6-4-2)17-12-18-15-9-7-13(11-16)8-10-15/h3-11,16H,1,12H2,2H3/b6-4-,14-5+,16-11?. The van der Waals surface area contributed by atoms with Gasteiger partial charge in [-0.3, -0.25) is 0 Å². The SMILES string of the molecule is C=C/C=C(\C=C/C)OCOc1ccc(C=N)cc1. The zero-order valence-corrected chi connectivity index (χ0v) is 10.4. The van der Waals surface area contributed by atoms with Crippen molar-refractivity contribution >= 4 is 6.21 Å². The molecular weight excluding hydrogens is 226 g/mol. The second kappa shape index (κ2) is 7.90. The van der Waals surface area contributed by atoms with Crippen LogP contribution in [-0.2, 0) is 4.74 Å². The molecular formula is C15H17NO2. The monoisotopic (exact) mass is 243 g/mol. The lowest BCUT2D eigenvalue weighted by Crippen LogP contribution is -2.01. The highest BCUT2D eigenvalue weighted by atomic mass is 16.7. The van der Waals surface area contributed by atoms with Crippen molar-refractivity contribution in [1.82, 2.24) is 0 Å². The number of hydrogen-bond donors (Lipinski definition) is 1. The minimum atomic E-state index is 0.133. The third-order valence-electron chi connectivity index (χ3n) is 2.11. The summed E-state index contributed by atoms with van der Waals surface area (Å²) in [6, 6.07) is 7.23. The molecule has 0 heterocycles. The van der Waals surface area contributed by atoms with E-state index in [1.165, 1.54) is 6.21 Å². The summed E-state index contributed by atoms with van der Waals surface area (Å²) < 4.78 is 10.8. The van der Waals surface area contributed by atoms with Gasteiger partial charge in [-0.2, -0.15) is 0 Å². The molecule has 3 heteroatoms. The van der Waals surface area contributed by atoms with Gasteiger partial charge in [-0.15, -0.1) is 0 Å². The van der Waals surface area contributed by atoms with Crippen molar-refractivity contribution in [3.8, 4) is 5.75 Å². The Morgan fingerprint density at radius 3 is 2.61 bits per heavy atom. The van der Waals surface area contributed by atoms with Gasteiger partial charge in [0.15, 0.2) is 0 Å². The Bertz CT molecular complexity index is 444. The van der Waals surface area contributed by atoms with Crippen LogP contribution >= 0.6 is 0 Å². The summed E-state index contributed by atoms with van der Waals surface area (Å²) in [7, 11) is 0. The molecule has 1 rings (SSSR count). The minimum absolute atomic E-state index is 0.133. The van der Waals surface area contributed by atoms with E-state index in [0.717, 1.165) is 5.56 Å². The van der Waals surface area contributed by atoms with Crippen LogP contribution in [0, 0.1) is 5.41 Å². The third-order valence-corrected chi connectivity index (χ3v) is 2.11. The second-order valence-electron chi connectivity index (χ2n) is 3.42. The Balaban J connectivity index is 2.47. The molecule has 0 spiro atoms. The lowest BCUT2D eigenvalue weighted by Gasteiger charge is -2.08. The lowest BCUT2D eigenvalue weighted by molar-refractivity contribution is 0.0672. The molecule has 0 fully saturated rings. The lowest BCUT2D eigenvalue weighted by atomic mass is 10.2. The zero-order chi connectivity index (χ0) is 13.2. The maximum absolute atomic E-state index is 7.09. The molecule has 0 saturated heterocycles. The highest BCUT2D eigenvalue weighted by Crippen LogP contribution is 2.11. The van der Waals surface area contributed by atoms with Gasteiger partial charge in [0.05, 0.1) is 0 Å². The minimum Gasteiger partial charge on any atom is -0.458 e. The Hall–Kier alpha value is -2.29. The van der Waals surface area contributed by atoms with E-state index in [4.69, 9.17) is 14.9 Å². The smallest absolute Gasteiger partial charge is 0.230 e. The summed E-state index contributed by atoms with van der Waals surface area (Å²) in [4.78, 5) is 0. The van der Waals surface area contributed by atoms with Crippen LogP contribution in [0.15, 0.2) is 60.9 Å². The van der Waals surface area contributed by atoms with Gasteiger partial charge in [0.1, 0.15) is 11.5 Å². The van der Waals surface area contributed by atoms with E-state index in [1.807, 2.05) is 31.2 Å². The normalized spacial score (nSPS) is 11.3. The Morgan fingerprint density at radius 1 is 1.33 bits per heavy atom. The van der Waals surface area contributed by atoms with E-state index in [9.17, 15) is 0 Å². The van der Waals surface area contributed by atoms with E-state index < -0.39 is 0 Å². The molecule has 0 amide bonds. The number of allylic oxidation sites excluding steroid dienone is 4. The van der Waals surface area contributed by atoms with Crippen molar-refractivity contribution in [2.75, 3.05) is 6.79 Å². The van der Waals surface area contributed by atoms with Gasteiger partial charge in [-0.05, 0) is 48.9 Å². The molecule has 0 saturated carbocycles. The van der Waals surface area contributed by atoms with E-state index in [2.05, 4.69) is 6.58 Å². The molecule has 1 aromatic carbocycles. The van der Waals surface area contributed by atoms with Crippen molar-refractivity contribution in [1.29, 1.82) is 5.41 Å². The molecule has 0 aliphatic rings. The highest BCUT2D eigenvalue weighted by molar-refractivity contribution is 5.76. The fourth-order valence-corrected chi connectivity index (χ4v) is 1.26. The predicted octanol–water partition coefficient (Wildman–Crippen LogP) is 3.68. The van der Waals surface area contributed by atoms with Gasteiger partial charge in [0.25, 0.3) is 0 Å². The molecule has 0 aromatic heterocycles. The van der Waals surface area contributed by atoms with Gasteiger partial charge in [0.2, 0.25) is 6.79 Å². The van der Waals surface area contributed by atoms with E-state index in [0.29, 0.717) is 11.5 Å². The average molecular weight is 243 g/mol. The van der Waals surface area contributed by atoms with E-state index in [1.54, 1.807) is 24.3 Å². The second-order valence-corrected chi connectivity index (χ2v) is 3.42. The number of benzene rings is 1. The molecule has 0 aliphatic carbocycles. The molecule has 94 valence electrons. The first-order valence-corrected chi connectivity index (χ1v) is 5.61. The van der Waals surface area contributed by atoms with Crippen LogP contribution in [0.25, 0.3) is 0 Å². The van der Waals surface area contributed by atoms with Crippen molar-refractivity contribution in [2.45, 2.75) is 6.92 Å². The molecule has 1 N–H and O–H groups in total. The summed E-state index contributed by atoms with van der Waals surface area (Å²) in [5.41, 5.74) is 0.837. The van der Waals surface area contributed by atoms with Crippen LogP contribution in [0.2, 0.25) is 0 Å². The summed E-state index contributed by atoms with van der Waals surface area (Å²) >= 11 is 0. The van der Waals surface area contributed by atoms with Crippen molar-refractivity contribution in [2.24, 2.45) is 0 Å². The summed E-state index contributed by atoms with van der Waals surface area (Å²) in [5.74, 6) is 1.41. The van der Waals surface area contributed by atoms with Crippen LogP contribution in [0.5, 0.6) is 5.75 Å². The van der Waals surface area contributed by atoms with Gasteiger partial charge >= 0.3 is 0 Å². The maximum atomic E-state index is 7.09. The zero-order valence-electron chi connectivity index (χ0n) is 10.4. The molecule has 0 atom stereocenters. The molecule has 0 aliphatic heterocycles. The van der Waals surface area contributed by atoms with Gasteiger partial charge in [-0.25, -0.2) is 0 Å². The molecule has 0 bridgehead atoms. The number of hydrogen-bond acceptors (Lipinski definition) is 3. The van der Waals surface area contributed by atoms with Crippen molar-refractivity contribution in [3.63, 3.8) is 0 Å². The van der Waals surface area contributed by atoms with Crippen molar-refractivity contribution < 1.29 is 9.47 Å². The first-order valence-electron chi connectivity index (χ1n) is 5.61. The fraction of sp³-hybridized carbons (Fsp3) is 0.133. The van der Waals surface area contributed by atoms with Gasteiger partial charge in [0, 0.05) is 6.21 Å². The van der Waals surface area contributed by atoms with Crippen LogP contribution in [0.1, 0.15) is 12.5 Å². The largest absolute Gasteiger partial charge is 0.458 e. The summed E-state index contributed by atoms with van der Waals surface area (Å²) in [6.07, 6.45) is 8.43. The van der Waals surface area contributed by atoms with E-state index >= 15 is 0 Å². The molecule has 0 radical (unpaired) electrons. The van der Waals surface area contributed by atoms with Crippen LogP contribution in [0.4, 0.5) is 0 Å². The first kappa shape index (κ1) is 13.8. The molecule has 0 unspecified atom stereocenters. The van der Waals surface area contributed by atoms with E-state index in [-0.39, 0.29) is 6.79 Å². The topological polar surface area (TPSA) is 42.3 Å². The molecule has 1 aromatic rings. The summed E-state index contributed by atoms with van der Waals surface area (Å²) in [6.45, 7) is 5.66. The van der Waals surface area contributed by atoms with Crippen molar-refractivity contribution in [3.05, 3.63) is 66.5 Å². The summed E-state index contributed by atoms with van der Waals surface area (Å²) in [5, 5.41) is 7.09. The van der Waals surface area contributed by atoms with Crippen LogP contribution in [-0.4, -0.2) is 13.0 Å². The molecule has 18 heavy (non-hydrogen) atoms. The fourth-order valence-electron chi connectivity index (χ4n) is 1.26. The van der Waals surface area contributed by atoms with Crippen LogP contribution < -0.4 is 4.74 Å². The average Bonchev–Trinajstić information content (AvgIpc) is 2.40. The number of rotatable bonds is 7. The Kier molecular flexibility index (Phi) is 6.04. The maximum Gasteiger partial charge on any atom is 0.230 e. The third kappa shape index (κ3) is 4.70. The van der Waals surface area contributed by atoms with Gasteiger partial charge in [-0.1, -0.05) is 18.7 Å².